The van der Waals surface area contributed by atoms with Crippen molar-refractivity contribution in [1.29, 1.82) is 0 Å². The summed E-state index contributed by atoms with van der Waals surface area (Å²) < 4.78 is 10.9. The smallest absolute Gasteiger partial charge is 0.221 e. The second kappa shape index (κ2) is 10.2. The van der Waals surface area contributed by atoms with Crippen LogP contribution in [0.1, 0.15) is 24.8 Å². The van der Waals surface area contributed by atoms with Crippen LogP contribution in [0.15, 0.2) is 42.5 Å². The van der Waals surface area contributed by atoms with Gasteiger partial charge in [0.05, 0.1) is 12.8 Å². The van der Waals surface area contributed by atoms with E-state index in [1.807, 2.05) is 18.2 Å². The first-order valence-electron chi connectivity index (χ1n) is 9.70. The Kier molecular flexibility index (Phi) is 7.64. The molecule has 2 aromatic rings. The Balaban J connectivity index is 1.56. The van der Waals surface area contributed by atoms with E-state index in [9.17, 15) is 4.79 Å². The van der Waals surface area contributed by atoms with Crippen molar-refractivity contribution in [3.8, 4) is 5.75 Å². The number of halogens is 2. The molecule has 0 radical (unpaired) electrons. The lowest BCUT2D eigenvalue weighted by Gasteiger charge is -2.38. The minimum atomic E-state index is -0.150. The molecule has 0 aromatic heterocycles. The largest absolute Gasteiger partial charge is 0.495 e. The van der Waals surface area contributed by atoms with Crippen molar-refractivity contribution in [3.05, 3.63) is 58.1 Å². The molecule has 1 saturated heterocycles. The van der Waals surface area contributed by atoms with Gasteiger partial charge in [0, 0.05) is 48.2 Å². The van der Waals surface area contributed by atoms with Crippen LogP contribution in [0.25, 0.3) is 0 Å². The molecule has 29 heavy (non-hydrogen) atoms. The van der Waals surface area contributed by atoms with Crippen LogP contribution < -0.4 is 15.4 Å². The number of benzene rings is 2. The normalized spacial score (nSPS) is 15.6. The van der Waals surface area contributed by atoms with Crippen LogP contribution in [0, 0.1) is 0 Å². The predicted molar refractivity (Wildman–Crippen MR) is 117 cm³/mol. The molecule has 1 heterocycles. The number of nitrogens with one attached hydrogen (secondary N) is 2. The number of ether oxygens (including phenoxy) is 2. The summed E-state index contributed by atoms with van der Waals surface area (Å²) in [6, 6.07) is 13.2. The van der Waals surface area contributed by atoms with Gasteiger partial charge in [-0.3, -0.25) is 4.79 Å². The molecule has 1 aliphatic rings. The Bertz CT molecular complexity index is 839. The first-order chi connectivity index (χ1) is 14.0. The summed E-state index contributed by atoms with van der Waals surface area (Å²) >= 11 is 12.2. The highest BCUT2D eigenvalue weighted by molar-refractivity contribution is 6.31. The molecule has 0 spiro atoms. The summed E-state index contributed by atoms with van der Waals surface area (Å²) in [5, 5.41) is 7.64. The lowest BCUT2D eigenvalue weighted by Crippen LogP contribution is -2.44. The second-order valence-electron chi connectivity index (χ2n) is 7.20. The van der Waals surface area contributed by atoms with Gasteiger partial charge < -0.3 is 20.1 Å². The standard InChI is InChI=1S/C22H26Cl2N2O3/c1-28-20-6-5-18(24)14-19(20)25-10-7-21(27)26-15-22(8-11-29-12-9-22)16-3-2-4-17(23)13-16/h2-6,13-14,25H,7-12,15H2,1H3,(H,26,27). The molecule has 0 unspecified atom stereocenters. The van der Waals surface area contributed by atoms with Crippen molar-refractivity contribution in [2.75, 3.05) is 38.7 Å². The molecule has 5 nitrogen and oxygen atoms in total. The van der Waals surface area contributed by atoms with E-state index in [-0.39, 0.29) is 11.3 Å². The van der Waals surface area contributed by atoms with Crippen LogP contribution >= 0.6 is 23.2 Å². The zero-order valence-electron chi connectivity index (χ0n) is 16.5. The molecule has 1 aliphatic heterocycles. The van der Waals surface area contributed by atoms with E-state index in [4.69, 9.17) is 32.7 Å². The fourth-order valence-corrected chi connectivity index (χ4v) is 4.00. The van der Waals surface area contributed by atoms with Gasteiger partial charge >= 0.3 is 0 Å². The molecular weight excluding hydrogens is 411 g/mol. The zero-order valence-corrected chi connectivity index (χ0v) is 18.0. The molecule has 156 valence electrons. The van der Waals surface area contributed by atoms with Gasteiger partial charge in [0.2, 0.25) is 5.91 Å². The number of carbonyl (C=O) groups excluding carboxylic acids is 1. The number of anilines is 1. The molecule has 0 aliphatic carbocycles. The number of methoxy groups -OCH3 is 1. The summed E-state index contributed by atoms with van der Waals surface area (Å²) in [6.45, 7) is 2.41. The Morgan fingerprint density at radius 2 is 1.90 bits per heavy atom. The highest BCUT2D eigenvalue weighted by Crippen LogP contribution is 2.35. The van der Waals surface area contributed by atoms with Gasteiger partial charge in [-0.15, -0.1) is 0 Å². The first kappa shape index (κ1) is 21.8. The van der Waals surface area contributed by atoms with E-state index >= 15 is 0 Å². The molecule has 3 rings (SSSR count). The van der Waals surface area contributed by atoms with Crippen LogP contribution in [-0.2, 0) is 14.9 Å². The van der Waals surface area contributed by atoms with Gasteiger partial charge in [0.15, 0.2) is 0 Å². The van der Waals surface area contributed by atoms with Gasteiger partial charge in [0.1, 0.15) is 5.75 Å². The summed E-state index contributed by atoms with van der Waals surface area (Å²) in [5.74, 6) is 0.684. The van der Waals surface area contributed by atoms with E-state index in [0.29, 0.717) is 48.5 Å². The van der Waals surface area contributed by atoms with Crippen LogP contribution in [0.2, 0.25) is 10.0 Å². The van der Waals surface area contributed by atoms with E-state index in [1.54, 1.807) is 25.3 Å². The number of amides is 1. The molecule has 2 N–H and O–H groups in total. The quantitative estimate of drug-likeness (QED) is 0.630. The summed E-state index contributed by atoms with van der Waals surface area (Å²) in [6.07, 6.45) is 2.05. The van der Waals surface area contributed by atoms with Crippen molar-refractivity contribution in [1.82, 2.24) is 5.32 Å². The SMILES string of the molecule is COc1ccc(Cl)cc1NCCC(=O)NCC1(c2cccc(Cl)c2)CCOCC1. The third-order valence-corrected chi connectivity index (χ3v) is 5.81. The summed E-state index contributed by atoms with van der Waals surface area (Å²) in [7, 11) is 1.60. The monoisotopic (exact) mass is 436 g/mol. The lowest BCUT2D eigenvalue weighted by atomic mass is 9.74. The molecule has 0 saturated carbocycles. The summed E-state index contributed by atoms with van der Waals surface area (Å²) in [4.78, 5) is 12.5. The van der Waals surface area contributed by atoms with Crippen molar-refractivity contribution >= 4 is 34.8 Å². The van der Waals surface area contributed by atoms with Crippen molar-refractivity contribution in [3.63, 3.8) is 0 Å². The zero-order chi connectivity index (χ0) is 20.7. The van der Waals surface area contributed by atoms with Gasteiger partial charge in [-0.1, -0.05) is 35.3 Å². The number of carbonyl (C=O) groups is 1. The van der Waals surface area contributed by atoms with Crippen LogP contribution in [0.4, 0.5) is 5.69 Å². The fourth-order valence-electron chi connectivity index (χ4n) is 3.63. The maximum atomic E-state index is 12.5. The highest BCUT2D eigenvalue weighted by Gasteiger charge is 2.34. The Morgan fingerprint density at radius 1 is 1.14 bits per heavy atom. The topological polar surface area (TPSA) is 59.6 Å². The molecule has 1 amide bonds. The van der Waals surface area contributed by atoms with Crippen LogP contribution in [0.3, 0.4) is 0 Å². The van der Waals surface area contributed by atoms with E-state index in [0.717, 1.165) is 24.1 Å². The van der Waals surface area contributed by atoms with E-state index in [2.05, 4.69) is 16.7 Å². The third-order valence-electron chi connectivity index (χ3n) is 5.34. The Hall–Kier alpha value is -1.95. The maximum absolute atomic E-state index is 12.5. The van der Waals surface area contributed by atoms with Crippen molar-refractivity contribution in [2.24, 2.45) is 0 Å². The third kappa shape index (κ3) is 5.78. The first-order valence-corrected chi connectivity index (χ1v) is 10.5. The summed E-state index contributed by atoms with van der Waals surface area (Å²) in [5.41, 5.74) is 1.77. The van der Waals surface area contributed by atoms with Gasteiger partial charge in [-0.25, -0.2) is 0 Å². The Morgan fingerprint density at radius 3 is 2.62 bits per heavy atom. The molecule has 0 atom stereocenters. The van der Waals surface area contributed by atoms with Gasteiger partial charge in [0.25, 0.3) is 0 Å². The van der Waals surface area contributed by atoms with Crippen LogP contribution in [-0.4, -0.2) is 39.3 Å². The number of hydrogen-bond donors (Lipinski definition) is 2. The van der Waals surface area contributed by atoms with Crippen molar-refractivity contribution < 1.29 is 14.3 Å². The molecule has 2 aromatic carbocycles. The highest BCUT2D eigenvalue weighted by atomic mass is 35.5. The van der Waals surface area contributed by atoms with Gasteiger partial charge in [-0.2, -0.15) is 0 Å². The molecule has 7 heteroatoms. The Labute approximate surface area is 181 Å². The fraction of sp³-hybridized carbons (Fsp3) is 0.409. The van der Waals surface area contributed by atoms with Gasteiger partial charge in [-0.05, 0) is 48.7 Å². The average Bonchev–Trinajstić information content (AvgIpc) is 2.73. The molecule has 1 fully saturated rings. The minimum absolute atomic E-state index is 0.00797. The molecular formula is C22H26Cl2N2O3. The lowest BCUT2D eigenvalue weighted by molar-refractivity contribution is -0.121. The average molecular weight is 437 g/mol. The number of hydrogen-bond acceptors (Lipinski definition) is 4. The predicted octanol–water partition coefficient (Wildman–Crippen LogP) is 4.67. The van der Waals surface area contributed by atoms with E-state index in [1.165, 1.54) is 0 Å². The maximum Gasteiger partial charge on any atom is 0.221 e. The molecule has 0 bridgehead atoms. The minimum Gasteiger partial charge on any atom is -0.495 e. The number of rotatable bonds is 8. The van der Waals surface area contributed by atoms with Crippen LogP contribution in [0.5, 0.6) is 5.75 Å². The van der Waals surface area contributed by atoms with Crippen molar-refractivity contribution in [2.45, 2.75) is 24.7 Å². The van der Waals surface area contributed by atoms with E-state index < -0.39 is 0 Å². The second-order valence-corrected chi connectivity index (χ2v) is 8.07.